The standard InChI is InChI=1S/C16H21BN2O5/c1-2-19-8-4-5-12(11-19)9-15(20)18-14-7-3-6-13(10-16(21)22)24-17(14)23/h3-6,8,11,13-14,23H,2,7,9-10H2,1H3,(H-,18,20,21,22)/p+1. The van der Waals surface area contributed by atoms with E-state index in [1.165, 1.54) is 0 Å². The lowest BCUT2D eigenvalue weighted by Crippen LogP contribution is -2.48. The van der Waals surface area contributed by atoms with E-state index in [9.17, 15) is 14.6 Å². The fourth-order valence-electron chi connectivity index (χ4n) is 2.55. The quantitative estimate of drug-likeness (QED) is 0.382. The number of carbonyl (C=O) groups excluding carboxylic acids is 1. The molecule has 0 aromatic carbocycles. The van der Waals surface area contributed by atoms with Crippen LogP contribution in [-0.4, -0.2) is 41.2 Å². The van der Waals surface area contributed by atoms with Gasteiger partial charge in [-0.15, -0.1) is 0 Å². The van der Waals surface area contributed by atoms with Crippen molar-refractivity contribution in [3.8, 4) is 0 Å². The predicted octanol–water partition coefficient (Wildman–Crippen LogP) is -0.139. The summed E-state index contributed by atoms with van der Waals surface area (Å²) >= 11 is 0. The lowest BCUT2D eigenvalue weighted by molar-refractivity contribution is -0.693. The SMILES string of the molecule is CC[n+]1cccc(CC(=O)NC2CC=CC(CC(=O)O)OB2O)c1. The zero-order valence-electron chi connectivity index (χ0n) is 13.6. The molecule has 0 aliphatic carbocycles. The molecule has 0 radical (unpaired) electrons. The largest absolute Gasteiger partial charge is 0.481 e. The molecule has 1 aromatic heterocycles. The topological polar surface area (TPSA) is 99.7 Å². The third kappa shape index (κ3) is 5.47. The van der Waals surface area contributed by atoms with Crippen LogP contribution in [0.25, 0.3) is 0 Å². The molecule has 0 saturated carbocycles. The highest BCUT2D eigenvalue weighted by Crippen LogP contribution is 2.12. The fraction of sp³-hybridized carbons (Fsp3) is 0.438. The molecular weight excluding hydrogens is 311 g/mol. The summed E-state index contributed by atoms with van der Waals surface area (Å²) in [5.41, 5.74) is 0.875. The van der Waals surface area contributed by atoms with E-state index in [0.29, 0.717) is 6.42 Å². The highest BCUT2D eigenvalue weighted by atomic mass is 16.5. The van der Waals surface area contributed by atoms with Crippen molar-refractivity contribution in [1.82, 2.24) is 5.32 Å². The zero-order chi connectivity index (χ0) is 17.5. The van der Waals surface area contributed by atoms with Crippen molar-refractivity contribution in [1.29, 1.82) is 0 Å². The van der Waals surface area contributed by atoms with Gasteiger partial charge in [0.15, 0.2) is 12.4 Å². The maximum atomic E-state index is 12.2. The van der Waals surface area contributed by atoms with Crippen LogP contribution in [0.3, 0.4) is 0 Å². The molecule has 0 spiro atoms. The van der Waals surface area contributed by atoms with Crippen LogP contribution in [0.5, 0.6) is 0 Å². The van der Waals surface area contributed by atoms with Crippen LogP contribution < -0.4 is 9.88 Å². The average molecular weight is 333 g/mol. The molecule has 7 nitrogen and oxygen atoms in total. The summed E-state index contributed by atoms with van der Waals surface area (Å²) in [5, 5.41) is 21.6. The molecule has 24 heavy (non-hydrogen) atoms. The molecule has 0 saturated heterocycles. The molecule has 2 rings (SSSR count). The number of aryl methyl sites for hydroxylation is 1. The highest BCUT2D eigenvalue weighted by molar-refractivity contribution is 6.45. The Labute approximate surface area is 141 Å². The van der Waals surface area contributed by atoms with Gasteiger partial charge in [0.1, 0.15) is 6.54 Å². The first kappa shape index (κ1) is 18.2. The minimum atomic E-state index is -1.25. The maximum Gasteiger partial charge on any atom is 0.478 e. The van der Waals surface area contributed by atoms with Crippen molar-refractivity contribution in [2.24, 2.45) is 0 Å². The van der Waals surface area contributed by atoms with Gasteiger partial charge in [-0.25, -0.2) is 4.57 Å². The Morgan fingerprint density at radius 3 is 3.00 bits per heavy atom. The summed E-state index contributed by atoms with van der Waals surface area (Å²) in [7, 11) is -1.25. The van der Waals surface area contributed by atoms with Gasteiger partial charge in [-0.3, -0.25) is 9.59 Å². The molecule has 0 fully saturated rings. The summed E-state index contributed by atoms with van der Waals surface area (Å²) < 4.78 is 7.27. The lowest BCUT2D eigenvalue weighted by atomic mass is 9.77. The number of rotatable bonds is 6. The van der Waals surface area contributed by atoms with E-state index in [1.807, 2.05) is 36.0 Å². The van der Waals surface area contributed by atoms with Crippen LogP contribution in [0.4, 0.5) is 0 Å². The van der Waals surface area contributed by atoms with Gasteiger partial charge in [-0.1, -0.05) is 12.2 Å². The first-order valence-electron chi connectivity index (χ1n) is 7.97. The Balaban J connectivity index is 1.91. The number of nitrogens with one attached hydrogen (secondary N) is 1. The summed E-state index contributed by atoms with van der Waals surface area (Å²) in [6.07, 6.45) is 6.82. The number of aromatic nitrogens is 1. The second-order valence-electron chi connectivity index (χ2n) is 5.72. The molecule has 1 aromatic rings. The minimum absolute atomic E-state index is 0.201. The van der Waals surface area contributed by atoms with E-state index >= 15 is 0 Å². The lowest BCUT2D eigenvalue weighted by Gasteiger charge is -2.20. The third-order valence-electron chi connectivity index (χ3n) is 3.77. The van der Waals surface area contributed by atoms with Crippen molar-refractivity contribution in [3.05, 3.63) is 42.2 Å². The molecule has 2 atom stereocenters. The average Bonchev–Trinajstić information content (AvgIpc) is 2.68. The smallest absolute Gasteiger partial charge is 0.478 e. The van der Waals surface area contributed by atoms with Crippen molar-refractivity contribution in [2.45, 2.75) is 44.8 Å². The van der Waals surface area contributed by atoms with Gasteiger partial charge < -0.3 is 20.1 Å². The van der Waals surface area contributed by atoms with Crippen LogP contribution in [0.15, 0.2) is 36.7 Å². The predicted molar refractivity (Wildman–Crippen MR) is 86.8 cm³/mol. The van der Waals surface area contributed by atoms with Crippen LogP contribution >= 0.6 is 0 Å². The second kappa shape index (κ2) is 8.61. The highest BCUT2D eigenvalue weighted by Gasteiger charge is 2.32. The zero-order valence-corrected chi connectivity index (χ0v) is 13.6. The molecule has 1 amide bonds. The number of pyridine rings is 1. The number of carboxylic acid groups (broad SMARTS) is 1. The first-order chi connectivity index (χ1) is 11.5. The minimum Gasteiger partial charge on any atom is -0.481 e. The maximum absolute atomic E-state index is 12.2. The summed E-state index contributed by atoms with van der Waals surface area (Å²) in [6, 6.07) is 3.75. The number of carbonyl (C=O) groups is 2. The number of hydrogen-bond acceptors (Lipinski definition) is 4. The third-order valence-corrected chi connectivity index (χ3v) is 3.77. The number of aliphatic carboxylic acids is 1. The van der Waals surface area contributed by atoms with Crippen molar-refractivity contribution >= 4 is 19.0 Å². The Bertz CT molecular complexity index is 622. The van der Waals surface area contributed by atoms with Gasteiger partial charge in [-0.05, 0) is 19.4 Å². The molecule has 3 N–H and O–H groups in total. The monoisotopic (exact) mass is 333 g/mol. The summed E-state index contributed by atoms with van der Waals surface area (Å²) in [5.74, 6) is -1.83. The molecule has 2 unspecified atom stereocenters. The fourth-order valence-corrected chi connectivity index (χ4v) is 2.55. The van der Waals surface area contributed by atoms with Gasteiger partial charge in [0.05, 0.1) is 24.9 Å². The Hall–Kier alpha value is -2.19. The molecule has 0 bridgehead atoms. The first-order valence-corrected chi connectivity index (χ1v) is 7.97. The van der Waals surface area contributed by atoms with E-state index < -0.39 is 25.1 Å². The van der Waals surface area contributed by atoms with E-state index in [0.717, 1.165) is 12.1 Å². The summed E-state index contributed by atoms with van der Waals surface area (Å²) in [4.78, 5) is 22.9. The van der Waals surface area contributed by atoms with Crippen molar-refractivity contribution < 1.29 is 28.9 Å². The van der Waals surface area contributed by atoms with Crippen LogP contribution in [0, 0.1) is 0 Å². The van der Waals surface area contributed by atoms with Crippen molar-refractivity contribution in [3.63, 3.8) is 0 Å². The number of amides is 1. The molecule has 128 valence electrons. The Kier molecular flexibility index (Phi) is 6.51. The van der Waals surface area contributed by atoms with E-state index in [1.54, 1.807) is 12.2 Å². The van der Waals surface area contributed by atoms with Crippen LogP contribution in [0.1, 0.15) is 25.3 Å². The van der Waals surface area contributed by atoms with Crippen LogP contribution in [-0.2, 0) is 27.2 Å². The number of hydrogen-bond donors (Lipinski definition) is 3. The van der Waals surface area contributed by atoms with Crippen molar-refractivity contribution in [2.75, 3.05) is 0 Å². The number of carboxylic acids is 1. The van der Waals surface area contributed by atoms with Gasteiger partial charge in [0.25, 0.3) is 0 Å². The van der Waals surface area contributed by atoms with Crippen LogP contribution in [0.2, 0.25) is 0 Å². The molecule has 1 aliphatic rings. The molecule has 2 heterocycles. The number of nitrogens with zero attached hydrogens (tertiary/aromatic N) is 1. The molecule has 8 heteroatoms. The van der Waals surface area contributed by atoms with E-state index in [-0.39, 0.29) is 18.7 Å². The second-order valence-corrected chi connectivity index (χ2v) is 5.72. The molecule has 1 aliphatic heterocycles. The van der Waals surface area contributed by atoms with Gasteiger partial charge in [0.2, 0.25) is 5.91 Å². The van der Waals surface area contributed by atoms with E-state index in [4.69, 9.17) is 9.76 Å². The molecular formula is C16H22BN2O5+. The van der Waals surface area contributed by atoms with E-state index in [2.05, 4.69) is 5.32 Å². The Morgan fingerprint density at radius 2 is 2.29 bits per heavy atom. The van der Waals surface area contributed by atoms with Gasteiger partial charge in [0, 0.05) is 11.6 Å². The van der Waals surface area contributed by atoms with Gasteiger partial charge >= 0.3 is 13.1 Å². The summed E-state index contributed by atoms with van der Waals surface area (Å²) in [6.45, 7) is 2.84. The Morgan fingerprint density at radius 1 is 1.50 bits per heavy atom. The normalized spacial score (nSPS) is 20.5. The van der Waals surface area contributed by atoms with Gasteiger partial charge in [-0.2, -0.15) is 0 Å².